The molecule has 0 spiro atoms. The summed E-state index contributed by atoms with van der Waals surface area (Å²) in [6.07, 6.45) is 3.52. The fraction of sp³-hybridized carbons (Fsp3) is 0. The lowest BCUT2D eigenvalue weighted by Crippen LogP contribution is -2.19. The molecule has 0 aliphatic heterocycles. The third kappa shape index (κ3) is 3.25. The number of nitrogens with zero attached hydrogens (tertiary/aromatic N) is 4. The molecular weight excluding hydrogens is 448 g/mol. The first-order valence-electron chi connectivity index (χ1n) is 11.5. The van der Waals surface area contributed by atoms with E-state index in [1.807, 2.05) is 84.9 Å². The molecule has 0 saturated carbocycles. The van der Waals surface area contributed by atoms with Gasteiger partial charge in [0.15, 0.2) is 0 Å². The highest BCUT2D eigenvalue weighted by molar-refractivity contribution is 6.21. The van der Waals surface area contributed by atoms with Crippen LogP contribution in [-0.2, 0) is 0 Å². The zero-order chi connectivity index (χ0) is 24.1. The van der Waals surface area contributed by atoms with Crippen LogP contribution < -0.4 is 10.6 Å². The Labute approximate surface area is 204 Å². The third-order valence-corrected chi connectivity index (χ3v) is 6.31. The lowest BCUT2D eigenvalue weighted by atomic mass is 10.1. The third-order valence-electron chi connectivity index (χ3n) is 6.31. The summed E-state index contributed by atoms with van der Waals surface area (Å²) >= 11 is 0. The predicted molar refractivity (Wildman–Crippen MR) is 144 cm³/mol. The summed E-state index contributed by atoms with van der Waals surface area (Å²) in [5.74, 6) is 0. The predicted octanol–water partition coefficient (Wildman–Crippen LogP) is 6.68. The average molecular weight is 467 g/mol. The van der Waals surface area contributed by atoms with Gasteiger partial charge in [0.25, 0.3) is 0 Å². The minimum absolute atomic E-state index is 0.328. The van der Waals surface area contributed by atoms with Crippen molar-refractivity contribution in [1.82, 2.24) is 19.9 Å². The Kier molecular flexibility index (Phi) is 4.47. The largest absolute Gasteiger partial charge is 0.323 e. The number of nitrogens with one attached hydrogen (secondary N) is 2. The van der Waals surface area contributed by atoms with Crippen molar-refractivity contribution in [3.63, 3.8) is 0 Å². The summed E-state index contributed by atoms with van der Waals surface area (Å²) in [6, 6.07) is 26.7. The zero-order valence-electron chi connectivity index (χ0n) is 18.9. The maximum absolute atomic E-state index is 12.8. The standard InChI is InChI=1S/C29H18N6O/c36-29(35-22-11-3-7-17-6-1-2-8-19(17)22)32-18-12-13-23-24(16-18)34-28-21-10-5-15-31-26(21)25-20(27(28)33-23)9-4-14-30-25/h1-16H,(H2,32,35,36). The molecule has 2 amide bonds. The van der Waals surface area contributed by atoms with Crippen LogP contribution in [0.1, 0.15) is 0 Å². The van der Waals surface area contributed by atoms with Gasteiger partial charge in [0.05, 0.1) is 38.8 Å². The van der Waals surface area contributed by atoms with Gasteiger partial charge in [0.2, 0.25) is 0 Å². The Morgan fingerprint density at radius 3 is 2.03 bits per heavy atom. The molecule has 2 N–H and O–H groups in total. The molecule has 0 bridgehead atoms. The monoisotopic (exact) mass is 466 g/mol. The summed E-state index contributed by atoms with van der Waals surface area (Å²) in [7, 11) is 0. The molecule has 0 atom stereocenters. The molecule has 7 aromatic rings. The van der Waals surface area contributed by atoms with Gasteiger partial charge < -0.3 is 10.6 Å². The molecule has 0 fully saturated rings. The Morgan fingerprint density at radius 1 is 0.583 bits per heavy atom. The van der Waals surface area contributed by atoms with Crippen LogP contribution in [0.3, 0.4) is 0 Å². The van der Waals surface area contributed by atoms with E-state index < -0.39 is 0 Å². The van der Waals surface area contributed by atoms with E-state index in [4.69, 9.17) is 9.97 Å². The Bertz CT molecular complexity index is 1980. The highest BCUT2D eigenvalue weighted by Crippen LogP contribution is 2.32. The summed E-state index contributed by atoms with van der Waals surface area (Å²) in [6.45, 7) is 0. The van der Waals surface area contributed by atoms with Crippen molar-refractivity contribution < 1.29 is 4.79 Å². The smallest absolute Gasteiger partial charge is 0.308 e. The van der Waals surface area contributed by atoms with Gasteiger partial charge in [-0.1, -0.05) is 36.4 Å². The summed E-state index contributed by atoms with van der Waals surface area (Å²) in [5.41, 5.74) is 5.91. The number of fused-ring (bicyclic) bond motifs is 8. The summed E-state index contributed by atoms with van der Waals surface area (Å²) in [5, 5.41) is 9.71. The van der Waals surface area contributed by atoms with Gasteiger partial charge in [-0.25, -0.2) is 14.8 Å². The van der Waals surface area contributed by atoms with Crippen molar-refractivity contribution in [3.8, 4) is 0 Å². The molecule has 7 nitrogen and oxygen atoms in total. The van der Waals surface area contributed by atoms with Crippen molar-refractivity contribution >= 4 is 72.1 Å². The van der Waals surface area contributed by atoms with Gasteiger partial charge in [0.1, 0.15) is 0 Å². The number of aromatic nitrogens is 4. The van der Waals surface area contributed by atoms with Crippen LogP contribution in [0.25, 0.3) is 54.6 Å². The quantitative estimate of drug-likeness (QED) is 0.219. The van der Waals surface area contributed by atoms with E-state index in [1.165, 1.54) is 0 Å². The first-order chi connectivity index (χ1) is 17.7. The number of urea groups is 1. The molecule has 4 aromatic carbocycles. The molecule has 7 heteroatoms. The molecule has 36 heavy (non-hydrogen) atoms. The van der Waals surface area contributed by atoms with E-state index in [1.54, 1.807) is 12.4 Å². The van der Waals surface area contributed by atoms with Gasteiger partial charge in [0, 0.05) is 34.2 Å². The molecule has 0 saturated heterocycles. The summed E-state index contributed by atoms with van der Waals surface area (Å²) < 4.78 is 0. The number of amides is 2. The Hall–Kier alpha value is -5.17. The Balaban J connectivity index is 1.29. The molecule has 3 aromatic heterocycles. The van der Waals surface area contributed by atoms with E-state index in [0.29, 0.717) is 11.2 Å². The van der Waals surface area contributed by atoms with Crippen molar-refractivity contribution in [2.45, 2.75) is 0 Å². The topological polar surface area (TPSA) is 92.7 Å². The van der Waals surface area contributed by atoms with Crippen molar-refractivity contribution in [1.29, 1.82) is 0 Å². The van der Waals surface area contributed by atoms with Crippen molar-refractivity contribution in [2.24, 2.45) is 0 Å². The molecule has 0 unspecified atom stereocenters. The number of hydrogen-bond donors (Lipinski definition) is 2. The second-order valence-electron chi connectivity index (χ2n) is 8.53. The van der Waals surface area contributed by atoms with E-state index in [-0.39, 0.29) is 6.03 Å². The number of hydrogen-bond acceptors (Lipinski definition) is 5. The molecule has 0 radical (unpaired) electrons. The second kappa shape index (κ2) is 7.95. The second-order valence-corrected chi connectivity index (χ2v) is 8.53. The van der Waals surface area contributed by atoms with Crippen LogP contribution in [0.4, 0.5) is 16.2 Å². The molecule has 0 aliphatic rings. The molecule has 0 aliphatic carbocycles. The van der Waals surface area contributed by atoms with Crippen LogP contribution in [-0.4, -0.2) is 26.0 Å². The summed E-state index contributed by atoms with van der Waals surface area (Å²) in [4.78, 5) is 31.8. The van der Waals surface area contributed by atoms with E-state index >= 15 is 0 Å². The fourth-order valence-electron chi connectivity index (χ4n) is 4.70. The number of anilines is 2. The SMILES string of the molecule is O=C(Nc1ccc2nc3c4cccnc4c4ncccc4c3nc2c1)Nc1cccc2ccccc12. The van der Waals surface area contributed by atoms with Crippen LogP contribution in [0.2, 0.25) is 0 Å². The van der Waals surface area contributed by atoms with Crippen LogP contribution in [0.5, 0.6) is 0 Å². The van der Waals surface area contributed by atoms with E-state index in [9.17, 15) is 4.79 Å². The number of pyridine rings is 2. The molecule has 7 rings (SSSR count). The zero-order valence-corrected chi connectivity index (χ0v) is 18.9. The van der Waals surface area contributed by atoms with Gasteiger partial charge in [-0.2, -0.15) is 0 Å². The number of benzene rings is 4. The number of rotatable bonds is 2. The van der Waals surface area contributed by atoms with Gasteiger partial charge >= 0.3 is 6.03 Å². The van der Waals surface area contributed by atoms with Crippen molar-refractivity contribution in [3.05, 3.63) is 97.3 Å². The minimum atomic E-state index is -0.328. The highest BCUT2D eigenvalue weighted by Gasteiger charge is 2.14. The Morgan fingerprint density at radius 2 is 1.25 bits per heavy atom. The first-order valence-corrected chi connectivity index (χ1v) is 11.5. The average Bonchev–Trinajstić information content (AvgIpc) is 2.92. The molecule has 170 valence electrons. The number of carbonyl (C=O) groups is 1. The van der Waals surface area contributed by atoms with Crippen LogP contribution >= 0.6 is 0 Å². The van der Waals surface area contributed by atoms with Crippen LogP contribution in [0.15, 0.2) is 97.3 Å². The van der Waals surface area contributed by atoms with E-state index in [0.717, 1.165) is 54.8 Å². The van der Waals surface area contributed by atoms with Crippen LogP contribution in [0, 0.1) is 0 Å². The number of carbonyl (C=O) groups excluding carboxylic acids is 1. The van der Waals surface area contributed by atoms with Crippen molar-refractivity contribution in [2.75, 3.05) is 10.6 Å². The lowest BCUT2D eigenvalue weighted by Gasteiger charge is -2.11. The normalized spacial score (nSPS) is 11.4. The lowest BCUT2D eigenvalue weighted by molar-refractivity contribution is 0.262. The maximum Gasteiger partial charge on any atom is 0.323 e. The fourth-order valence-corrected chi connectivity index (χ4v) is 4.70. The van der Waals surface area contributed by atoms with Gasteiger partial charge in [-0.3, -0.25) is 9.97 Å². The van der Waals surface area contributed by atoms with Gasteiger partial charge in [-0.15, -0.1) is 0 Å². The van der Waals surface area contributed by atoms with E-state index in [2.05, 4.69) is 20.6 Å². The first kappa shape index (κ1) is 20.2. The minimum Gasteiger partial charge on any atom is -0.308 e. The van der Waals surface area contributed by atoms with Gasteiger partial charge in [-0.05, 0) is 53.9 Å². The highest BCUT2D eigenvalue weighted by atomic mass is 16.2. The maximum atomic E-state index is 12.8. The molecule has 3 heterocycles. The molecular formula is C29H18N6O.